The van der Waals surface area contributed by atoms with Gasteiger partial charge in [0.1, 0.15) is 0 Å². The van der Waals surface area contributed by atoms with Crippen LogP contribution in [0, 0.1) is 5.41 Å². The van der Waals surface area contributed by atoms with Crippen LogP contribution in [0.25, 0.3) is 0 Å². The average Bonchev–Trinajstić information content (AvgIpc) is 2.90. The number of fused-ring (bicyclic) bond motifs is 1. The Morgan fingerprint density at radius 3 is 2.65 bits per heavy atom. The Kier molecular flexibility index (Phi) is 3.72. The molecule has 1 unspecified atom stereocenters. The maximum Gasteiger partial charge on any atom is 0.0338 e. The highest BCUT2D eigenvalue weighted by atomic mass is 32.1. The summed E-state index contributed by atoms with van der Waals surface area (Å²) in [6, 6.07) is 2.86. The molecule has 1 aromatic rings. The minimum atomic E-state index is 0.245. The van der Waals surface area contributed by atoms with Crippen LogP contribution in [0.15, 0.2) is 11.4 Å². The third-order valence-electron chi connectivity index (χ3n) is 5.80. The summed E-state index contributed by atoms with van der Waals surface area (Å²) in [5, 5.41) is 2.25. The third-order valence-corrected chi connectivity index (χ3v) is 6.80. The van der Waals surface area contributed by atoms with Gasteiger partial charge in [0.15, 0.2) is 0 Å². The molecule has 1 saturated carbocycles. The predicted octanol–water partition coefficient (Wildman–Crippen LogP) is 3.96. The van der Waals surface area contributed by atoms with Gasteiger partial charge in [-0.3, -0.25) is 4.90 Å². The molecule has 2 nitrogen and oxygen atoms in total. The first-order valence-corrected chi connectivity index (χ1v) is 8.89. The fourth-order valence-corrected chi connectivity index (χ4v) is 5.12. The highest BCUT2D eigenvalue weighted by Gasteiger charge is 2.44. The van der Waals surface area contributed by atoms with Gasteiger partial charge in [0.2, 0.25) is 0 Å². The highest BCUT2D eigenvalue weighted by molar-refractivity contribution is 7.10. The van der Waals surface area contributed by atoms with E-state index in [0.717, 1.165) is 6.54 Å². The maximum atomic E-state index is 6.28. The summed E-state index contributed by atoms with van der Waals surface area (Å²) in [7, 11) is 0. The molecule has 3 rings (SSSR count). The van der Waals surface area contributed by atoms with Crippen molar-refractivity contribution >= 4 is 11.3 Å². The Morgan fingerprint density at radius 2 is 2.00 bits per heavy atom. The van der Waals surface area contributed by atoms with E-state index in [9.17, 15) is 0 Å². The maximum absolute atomic E-state index is 6.28. The van der Waals surface area contributed by atoms with Crippen molar-refractivity contribution in [1.29, 1.82) is 0 Å². The zero-order chi connectivity index (χ0) is 14.4. The van der Waals surface area contributed by atoms with Crippen molar-refractivity contribution in [1.82, 2.24) is 4.90 Å². The van der Waals surface area contributed by atoms with Crippen molar-refractivity contribution in [3.63, 3.8) is 0 Å². The minimum Gasteiger partial charge on any atom is -0.329 e. The van der Waals surface area contributed by atoms with E-state index >= 15 is 0 Å². The molecule has 1 fully saturated rings. The first-order chi connectivity index (χ1) is 9.47. The molecule has 0 spiro atoms. The van der Waals surface area contributed by atoms with Crippen LogP contribution in [-0.4, -0.2) is 23.5 Å². The van der Waals surface area contributed by atoms with Gasteiger partial charge in [0, 0.05) is 29.5 Å². The Labute approximate surface area is 127 Å². The highest BCUT2D eigenvalue weighted by Crippen LogP contribution is 2.47. The van der Waals surface area contributed by atoms with Gasteiger partial charge in [-0.15, -0.1) is 11.3 Å². The van der Waals surface area contributed by atoms with E-state index in [-0.39, 0.29) is 5.54 Å². The molecule has 1 aromatic heterocycles. The van der Waals surface area contributed by atoms with E-state index in [1.54, 1.807) is 10.4 Å². The van der Waals surface area contributed by atoms with Crippen LogP contribution in [0.4, 0.5) is 0 Å². The van der Waals surface area contributed by atoms with Crippen LogP contribution in [0.3, 0.4) is 0 Å². The predicted molar refractivity (Wildman–Crippen MR) is 87.2 cm³/mol. The quantitative estimate of drug-likeness (QED) is 0.894. The van der Waals surface area contributed by atoms with E-state index in [0.29, 0.717) is 11.5 Å². The molecule has 2 N–H and O–H groups in total. The van der Waals surface area contributed by atoms with Gasteiger partial charge >= 0.3 is 0 Å². The fraction of sp³-hybridized carbons (Fsp3) is 0.765. The second-order valence-electron chi connectivity index (χ2n) is 7.51. The SMILES string of the molecule is CC1c2ccsc2CCN1C1(CN)CCC(C)(C)CC1. The fourth-order valence-electron chi connectivity index (χ4n) is 4.16. The second kappa shape index (κ2) is 5.11. The van der Waals surface area contributed by atoms with Gasteiger partial charge < -0.3 is 5.73 Å². The van der Waals surface area contributed by atoms with E-state index < -0.39 is 0 Å². The molecule has 0 saturated heterocycles. The first kappa shape index (κ1) is 14.6. The van der Waals surface area contributed by atoms with Gasteiger partial charge in [-0.05, 0) is 61.5 Å². The summed E-state index contributed by atoms with van der Waals surface area (Å²) in [5.41, 5.74) is 8.58. The summed E-state index contributed by atoms with van der Waals surface area (Å²) in [6.45, 7) is 9.19. The van der Waals surface area contributed by atoms with Crippen LogP contribution >= 0.6 is 11.3 Å². The molecular formula is C17H28N2S. The smallest absolute Gasteiger partial charge is 0.0338 e. The molecular weight excluding hydrogens is 264 g/mol. The van der Waals surface area contributed by atoms with E-state index in [1.807, 2.05) is 11.3 Å². The summed E-state index contributed by atoms with van der Waals surface area (Å²) < 4.78 is 0. The lowest BCUT2D eigenvalue weighted by Gasteiger charge is -2.53. The normalized spacial score (nSPS) is 29.1. The zero-order valence-electron chi connectivity index (χ0n) is 13.1. The number of nitrogens with two attached hydrogens (primary N) is 1. The first-order valence-electron chi connectivity index (χ1n) is 8.01. The van der Waals surface area contributed by atoms with Crippen LogP contribution < -0.4 is 5.73 Å². The minimum absolute atomic E-state index is 0.245. The van der Waals surface area contributed by atoms with Gasteiger partial charge in [0.25, 0.3) is 0 Å². The van der Waals surface area contributed by atoms with E-state index in [2.05, 4.69) is 37.1 Å². The van der Waals surface area contributed by atoms with Gasteiger partial charge in [-0.1, -0.05) is 13.8 Å². The monoisotopic (exact) mass is 292 g/mol. The molecule has 2 heterocycles. The lowest BCUT2D eigenvalue weighted by molar-refractivity contribution is -0.00733. The molecule has 0 aromatic carbocycles. The lowest BCUT2D eigenvalue weighted by atomic mass is 9.68. The Balaban J connectivity index is 1.84. The average molecular weight is 292 g/mol. The Hall–Kier alpha value is -0.380. The molecule has 1 aliphatic heterocycles. The van der Waals surface area contributed by atoms with Gasteiger partial charge in [0.05, 0.1) is 0 Å². The van der Waals surface area contributed by atoms with Crippen LogP contribution in [0.2, 0.25) is 0 Å². The van der Waals surface area contributed by atoms with E-state index in [1.165, 1.54) is 38.6 Å². The molecule has 20 heavy (non-hydrogen) atoms. The van der Waals surface area contributed by atoms with E-state index in [4.69, 9.17) is 5.73 Å². The molecule has 2 aliphatic rings. The summed E-state index contributed by atoms with van der Waals surface area (Å²) in [5.74, 6) is 0. The third kappa shape index (κ3) is 2.34. The van der Waals surface area contributed by atoms with Crippen molar-refractivity contribution in [2.75, 3.05) is 13.1 Å². The standard InChI is InChI=1S/C17H28N2S/c1-13-14-5-11-20-15(14)4-10-19(13)17(12-18)8-6-16(2,3)7-9-17/h5,11,13H,4,6-10,12,18H2,1-3H3. The summed E-state index contributed by atoms with van der Waals surface area (Å²) in [6.07, 6.45) is 6.36. The largest absolute Gasteiger partial charge is 0.329 e. The molecule has 0 bridgehead atoms. The molecule has 112 valence electrons. The number of thiophene rings is 1. The Morgan fingerprint density at radius 1 is 1.30 bits per heavy atom. The Bertz CT molecular complexity index is 467. The van der Waals surface area contributed by atoms with Crippen LogP contribution in [0.5, 0.6) is 0 Å². The zero-order valence-corrected chi connectivity index (χ0v) is 13.9. The van der Waals surface area contributed by atoms with Crippen LogP contribution in [-0.2, 0) is 6.42 Å². The van der Waals surface area contributed by atoms with Crippen molar-refractivity contribution in [3.05, 3.63) is 21.9 Å². The van der Waals surface area contributed by atoms with Crippen molar-refractivity contribution in [2.45, 2.75) is 64.5 Å². The summed E-state index contributed by atoms with van der Waals surface area (Å²) in [4.78, 5) is 4.33. The lowest BCUT2D eigenvalue weighted by Crippen LogP contribution is -2.58. The van der Waals surface area contributed by atoms with Crippen LogP contribution in [0.1, 0.15) is 62.9 Å². The van der Waals surface area contributed by atoms with Crippen molar-refractivity contribution in [2.24, 2.45) is 11.1 Å². The van der Waals surface area contributed by atoms with Crippen molar-refractivity contribution in [3.8, 4) is 0 Å². The summed E-state index contributed by atoms with van der Waals surface area (Å²) >= 11 is 1.93. The topological polar surface area (TPSA) is 29.3 Å². The number of hydrogen-bond acceptors (Lipinski definition) is 3. The van der Waals surface area contributed by atoms with Crippen molar-refractivity contribution < 1.29 is 0 Å². The molecule has 0 amide bonds. The second-order valence-corrected chi connectivity index (χ2v) is 8.51. The molecule has 1 atom stereocenters. The van der Waals surface area contributed by atoms with Gasteiger partial charge in [-0.25, -0.2) is 0 Å². The molecule has 0 radical (unpaired) electrons. The number of hydrogen-bond donors (Lipinski definition) is 1. The molecule has 3 heteroatoms. The number of rotatable bonds is 2. The molecule has 1 aliphatic carbocycles. The number of nitrogens with zero attached hydrogens (tertiary/aromatic N) is 1. The van der Waals surface area contributed by atoms with Gasteiger partial charge in [-0.2, -0.15) is 0 Å².